The number of ether oxygens (including phenoxy) is 1. The number of hydrogen-bond donors (Lipinski definition) is 1. The van der Waals surface area contributed by atoms with Gasteiger partial charge in [0.1, 0.15) is 6.61 Å². The molecule has 2 bridgehead atoms. The van der Waals surface area contributed by atoms with E-state index in [1.54, 1.807) is 0 Å². The lowest BCUT2D eigenvalue weighted by Gasteiger charge is -2.36. The molecule has 20 heavy (non-hydrogen) atoms. The fourth-order valence-electron chi connectivity index (χ4n) is 4.44. The summed E-state index contributed by atoms with van der Waals surface area (Å²) >= 11 is 0. The van der Waals surface area contributed by atoms with Crippen molar-refractivity contribution in [2.24, 2.45) is 10.9 Å². The molecule has 0 spiro atoms. The van der Waals surface area contributed by atoms with Crippen LogP contribution in [0.15, 0.2) is 29.3 Å². The van der Waals surface area contributed by atoms with Crippen LogP contribution in [0.2, 0.25) is 0 Å². The lowest BCUT2D eigenvalue weighted by atomic mass is 9.74. The number of rotatable bonds is 2. The zero-order valence-electron chi connectivity index (χ0n) is 12.1. The van der Waals surface area contributed by atoms with Gasteiger partial charge in [-0.15, -0.1) is 0 Å². The van der Waals surface area contributed by atoms with Crippen LogP contribution in [-0.2, 0) is 10.2 Å². The first-order valence-corrected chi connectivity index (χ1v) is 7.77. The SMILES string of the molecule is Cc1cccc(C23CCC(CC2NC2=NCCO2)C3)c1. The van der Waals surface area contributed by atoms with E-state index in [4.69, 9.17) is 4.74 Å². The Hall–Kier alpha value is -1.51. The van der Waals surface area contributed by atoms with Gasteiger partial charge in [0.05, 0.1) is 6.54 Å². The fraction of sp³-hybridized carbons (Fsp3) is 0.588. The summed E-state index contributed by atoms with van der Waals surface area (Å²) in [7, 11) is 0. The number of nitrogens with zero attached hydrogens (tertiary/aromatic N) is 1. The summed E-state index contributed by atoms with van der Waals surface area (Å²) in [5, 5.41) is 3.60. The first-order chi connectivity index (χ1) is 9.76. The van der Waals surface area contributed by atoms with Crippen LogP contribution in [0.5, 0.6) is 0 Å². The van der Waals surface area contributed by atoms with Crippen molar-refractivity contribution in [2.75, 3.05) is 13.2 Å². The quantitative estimate of drug-likeness (QED) is 0.896. The lowest BCUT2D eigenvalue weighted by Crippen LogP contribution is -2.47. The third kappa shape index (κ3) is 1.83. The van der Waals surface area contributed by atoms with Crippen LogP contribution < -0.4 is 5.32 Å². The number of aliphatic imine (C=N–C) groups is 1. The summed E-state index contributed by atoms with van der Waals surface area (Å²) in [5.41, 5.74) is 3.17. The van der Waals surface area contributed by atoms with E-state index in [9.17, 15) is 0 Å². The van der Waals surface area contributed by atoms with Crippen molar-refractivity contribution in [3.05, 3.63) is 35.4 Å². The molecule has 0 amide bonds. The van der Waals surface area contributed by atoms with Crippen molar-refractivity contribution in [3.8, 4) is 0 Å². The first kappa shape index (κ1) is 12.2. The highest BCUT2D eigenvalue weighted by atomic mass is 16.5. The predicted molar refractivity (Wildman–Crippen MR) is 80.0 cm³/mol. The third-order valence-corrected chi connectivity index (χ3v) is 5.36. The van der Waals surface area contributed by atoms with Crippen molar-refractivity contribution < 1.29 is 4.74 Å². The minimum atomic E-state index is 0.297. The summed E-state index contributed by atoms with van der Waals surface area (Å²) < 4.78 is 5.57. The van der Waals surface area contributed by atoms with Gasteiger partial charge in [-0.2, -0.15) is 0 Å². The number of aryl methyl sites for hydroxylation is 1. The highest BCUT2D eigenvalue weighted by molar-refractivity contribution is 5.75. The first-order valence-electron chi connectivity index (χ1n) is 7.77. The van der Waals surface area contributed by atoms with E-state index in [0.717, 1.165) is 25.1 Å². The molecule has 3 atom stereocenters. The molecule has 4 rings (SSSR count). The molecular weight excluding hydrogens is 248 g/mol. The number of amidine groups is 1. The Morgan fingerprint density at radius 1 is 1.40 bits per heavy atom. The zero-order valence-corrected chi connectivity index (χ0v) is 12.1. The van der Waals surface area contributed by atoms with Crippen molar-refractivity contribution in [2.45, 2.75) is 44.1 Å². The predicted octanol–water partition coefficient (Wildman–Crippen LogP) is 2.78. The molecule has 3 aliphatic rings. The van der Waals surface area contributed by atoms with Gasteiger partial charge in [0.25, 0.3) is 6.02 Å². The molecular formula is C17H22N2O. The molecule has 3 heteroatoms. The van der Waals surface area contributed by atoms with Gasteiger partial charge in [0.2, 0.25) is 0 Å². The Bertz CT molecular complexity index is 554. The number of hydrogen-bond acceptors (Lipinski definition) is 3. The average molecular weight is 270 g/mol. The molecule has 0 aromatic heterocycles. The van der Waals surface area contributed by atoms with Crippen LogP contribution in [-0.4, -0.2) is 25.2 Å². The molecule has 3 nitrogen and oxygen atoms in total. The van der Waals surface area contributed by atoms with E-state index in [1.807, 2.05) is 0 Å². The molecule has 1 aromatic rings. The topological polar surface area (TPSA) is 33.6 Å². The smallest absolute Gasteiger partial charge is 0.285 e. The van der Waals surface area contributed by atoms with Gasteiger partial charge in [-0.1, -0.05) is 29.8 Å². The van der Waals surface area contributed by atoms with Crippen molar-refractivity contribution in [1.29, 1.82) is 0 Å². The largest absolute Gasteiger partial charge is 0.463 e. The summed E-state index contributed by atoms with van der Waals surface area (Å²) in [6.45, 7) is 3.72. The highest BCUT2D eigenvalue weighted by Gasteiger charge is 2.53. The zero-order chi connectivity index (χ0) is 13.6. The Morgan fingerprint density at radius 3 is 3.10 bits per heavy atom. The van der Waals surface area contributed by atoms with Crippen LogP contribution in [0.1, 0.15) is 36.8 Å². The van der Waals surface area contributed by atoms with Crippen LogP contribution in [0.4, 0.5) is 0 Å². The van der Waals surface area contributed by atoms with Gasteiger partial charge in [-0.05, 0) is 44.1 Å². The third-order valence-electron chi connectivity index (χ3n) is 5.36. The van der Waals surface area contributed by atoms with E-state index < -0.39 is 0 Å². The van der Waals surface area contributed by atoms with Crippen LogP contribution in [0.25, 0.3) is 0 Å². The molecule has 2 fully saturated rings. The standard InChI is InChI=1S/C17H22N2O/c1-12-3-2-4-14(9-12)17-6-5-13(11-17)10-15(17)19-16-18-7-8-20-16/h2-4,9,13,15H,5-8,10-11H2,1H3,(H,18,19). The second-order valence-corrected chi connectivity index (χ2v) is 6.60. The molecule has 106 valence electrons. The molecule has 0 saturated heterocycles. The van der Waals surface area contributed by atoms with E-state index in [1.165, 1.54) is 36.8 Å². The monoisotopic (exact) mass is 270 g/mol. The fourth-order valence-corrected chi connectivity index (χ4v) is 4.44. The summed E-state index contributed by atoms with van der Waals surface area (Å²) in [5.74, 6) is 0.870. The Balaban J connectivity index is 1.66. The molecule has 1 N–H and O–H groups in total. The van der Waals surface area contributed by atoms with Crippen LogP contribution >= 0.6 is 0 Å². The number of nitrogens with one attached hydrogen (secondary N) is 1. The number of fused-ring (bicyclic) bond motifs is 2. The van der Waals surface area contributed by atoms with Gasteiger partial charge in [-0.3, -0.25) is 0 Å². The van der Waals surface area contributed by atoms with E-state index in [-0.39, 0.29) is 0 Å². The van der Waals surface area contributed by atoms with E-state index in [0.29, 0.717) is 11.5 Å². The molecule has 0 radical (unpaired) electrons. The van der Waals surface area contributed by atoms with E-state index >= 15 is 0 Å². The van der Waals surface area contributed by atoms with Crippen molar-refractivity contribution >= 4 is 6.02 Å². The maximum absolute atomic E-state index is 5.57. The van der Waals surface area contributed by atoms with Crippen LogP contribution in [0, 0.1) is 12.8 Å². The molecule has 1 heterocycles. The normalized spacial score (nSPS) is 35.0. The lowest BCUT2D eigenvalue weighted by molar-refractivity contribution is 0.286. The van der Waals surface area contributed by atoms with E-state index in [2.05, 4.69) is 41.5 Å². The van der Waals surface area contributed by atoms with Gasteiger partial charge in [0, 0.05) is 11.5 Å². The minimum Gasteiger partial charge on any atom is -0.463 e. The summed E-state index contributed by atoms with van der Waals surface area (Å²) in [4.78, 5) is 4.41. The Kier molecular flexibility index (Phi) is 2.76. The van der Waals surface area contributed by atoms with Gasteiger partial charge in [0.15, 0.2) is 0 Å². The number of benzene rings is 1. The van der Waals surface area contributed by atoms with Crippen molar-refractivity contribution in [3.63, 3.8) is 0 Å². The molecule has 1 aromatic carbocycles. The highest BCUT2D eigenvalue weighted by Crippen LogP contribution is 2.55. The Labute approximate surface area is 120 Å². The second kappa shape index (κ2) is 4.51. The minimum absolute atomic E-state index is 0.297. The Morgan fingerprint density at radius 2 is 2.35 bits per heavy atom. The summed E-state index contributed by atoms with van der Waals surface area (Å²) in [6, 6.07) is 10.3. The van der Waals surface area contributed by atoms with Gasteiger partial charge >= 0.3 is 0 Å². The van der Waals surface area contributed by atoms with Gasteiger partial charge < -0.3 is 10.1 Å². The maximum Gasteiger partial charge on any atom is 0.285 e. The average Bonchev–Trinajstić information content (AvgIpc) is 3.15. The molecule has 3 unspecified atom stereocenters. The second-order valence-electron chi connectivity index (χ2n) is 6.60. The van der Waals surface area contributed by atoms with Crippen LogP contribution in [0.3, 0.4) is 0 Å². The summed E-state index contributed by atoms with van der Waals surface area (Å²) in [6.07, 6.45) is 5.25. The molecule has 2 saturated carbocycles. The molecule has 2 aliphatic carbocycles. The molecule has 1 aliphatic heterocycles. The van der Waals surface area contributed by atoms with Crippen molar-refractivity contribution in [1.82, 2.24) is 5.32 Å². The maximum atomic E-state index is 5.57. The van der Waals surface area contributed by atoms with Gasteiger partial charge in [-0.25, -0.2) is 4.99 Å².